The van der Waals surface area contributed by atoms with E-state index in [4.69, 9.17) is 0 Å². The van der Waals surface area contributed by atoms with Gasteiger partial charge in [0.25, 0.3) is 0 Å². The summed E-state index contributed by atoms with van der Waals surface area (Å²) in [7, 11) is -1.65. The van der Waals surface area contributed by atoms with Crippen molar-refractivity contribution in [1.29, 1.82) is 0 Å². The van der Waals surface area contributed by atoms with Crippen LogP contribution in [0, 0.1) is 17.6 Å². The van der Waals surface area contributed by atoms with E-state index in [0.29, 0.717) is 16.1 Å². The molecule has 1 spiro atoms. The van der Waals surface area contributed by atoms with E-state index in [9.17, 15) is 18.5 Å². The van der Waals surface area contributed by atoms with Crippen LogP contribution in [0.15, 0.2) is 41.3 Å². The van der Waals surface area contributed by atoms with Gasteiger partial charge in [0.05, 0.1) is 22.2 Å². The standard InChI is InChI=1S/C22H21F2NO3S2/c23-14-3-5-15(6-4-14)30(28)25-17-8-7-16(21(26)27)19(24)18(17)22(9-11-29-12-10-22)20(25)13-1-2-13/h3-8,13,20H,1-2,9-12H2,(H,26,27). The van der Waals surface area contributed by atoms with E-state index in [-0.39, 0.29) is 17.5 Å². The fourth-order valence-electron chi connectivity index (χ4n) is 5.10. The normalized spacial score (nSPS) is 23.4. The predicted molar refractivity (Wildman–Crippen MR) is 113 cm³/mol. The number of thioether (sulfide) groups is 1. The lowest BCUT2D eigenvalue weighted by atomic mass is 9.70. The molecule has 2 unspecified atom stereocenters. The molecule has 0 radical (unpaired) electrons. The van der Waals surface area contributed by atoms with Crippen molar-refractivity contribution in [2.45, 2.75) is 42.0 Å². The summed E-state index contributed by atoms with van der Waals surface area (Å²) in [6.45, 7) is 0. The van der Waals surface area contributed by atoms with E-state index in [1.165, 1.54) is 30.3 Å². The van der Waals surface area contributed by atoms with E-state index in [1.54, 1.807) is 10.4 Å². The molecule has 2 heterocycles. The molecule has 158 valence electrons. The van der Waals surface area contributed by atoms with Crippen LogP contribution in [0.5, 0.6) is 0 Å². The number of carbonyl (C=O) groups is 1. The van der Waals surface area contributed by atoms with Gasteiger partial charge in [-0.15, -0.1) is 0 Å². The van der Waals surface area contributed by atoms with E-state index < -0.39 is 34.0 Å². The van der Waals surface area contributed by atoms with Crippen molar-refractivity contribution in [3.8, 4) is 0 Å². The maximum absolute atomic E-state index is 15.6. The number of hydrogen-bond donors (Lipinski definition) is 1. The average molecular weight is 450 g/mol. The average Bonchev–Trinajstić information content (AvgIpc) is 3.53. The van der Waals surface area contributed by atoms with E-state index >= 15 is 4.39 Å². The van der Waals surface area contributed by atoms with Gasteiger partial charge in [0, 0.05) is 11.0 Å². The van der Waals surface area contributed by atoms with Crippen molar-refractivity contribution < 1.29 is 22.9 Å². The SMILES string of the molecule is O=C(O)c1ccc2c(c1F)C1(CCSCC1)C(C1CC1)N2S(=O)c1ccc(F)cc1. The number of nitrogens with zero attached hydrogens (tertiary/aromatic N) is 1. The lowest BCUT2D eigenvalue weighted by Crippen LogP contribution is -2.49. The summed E-state index contributed by atoms with van der Waals surface area (Å²) in [5, 5.41) is 9.50. The molecule has 0 amide bonds. The Labute approximate surface area is 180 Å². The molecule has 4 nitrogen and oxygen atoms in total. The van der Waals surface area contributed by atoms with Crippen molar-refractivity contribution in [1.82, 2.24) is 0 Å². The molecule has 1 aliphatic carbocycles. The smallest absolute Gasteiger partial charge is 0.338 e. The summed E-state index contributed by atoms with van der Waals surface area (Å²) >= 11 is 1.81. The van der Waals surface area contributed by atoms with Crippen LogP contribution >= 0.6 is 11.8 Å². The zero-order valence-electron chi connectivity index (χ0n) is 16.1. The minimum Gasteiger partial charge on any atom is -0.478 e. The number of benzene rings is 2. The van der Waals surface area contributed by atoms with E-state index in [1.807, 2.05) is 11.8 Å². The zero-order valence-corrected chi connectivity index (χ0v) is 17.8. The monoisotopic (exact) mass is 449 g/mol. The van der Waals surface area contributed by atoms with Crippen molar-refractivity contribution in [2.75, 3.05) is 15.8 Å². The lowest BCUT2D eigenvalue weighted by Gasteiger charge is -2.41. The molecule has 2 fully saturated rings. The van der Waals surface area contributed by atoms with Crippen LogP contribution < -0.4 is 4.31 Å². The van der Waals surface area contributed by atoms with Crippen LogP contribution in [-0.2, 0) is 16.4 Å². The van der Waals surface area contributed by atoms with Gasteiger partial charge in [0.15, 0.2) is 11.0 Å². The van der Waals surface area contributed by atoms with Gasteiger partial charge in [-0.25, -0.2) is 17.8 Å². The maximum atomic E-state index is 15.6. The molecule has 0 aromatic heterocycles. The molecule has 2 aliphatic heterocycles. The second-order valence-corrected chi connectivity index (χ2v) is 10.8. The minimum atomic E-state index is -1.65. The topological polar surface area (TPSA) is 57.6 Å². The van der Waals surface area contributed by atoms with Gasteiger partial charge in [-0.1, -0.05) is 0 Å². The van der Waals surface area contributed by atoms with Gasteiger partial charge in [-0.2, -0.15) is 11.8 Å². The van der Waals surface area contributed by atoms with Gasteiger partial charge >= 0.3 is 5.97 Å². The fraction of sp³-hybridized carbons (Fsp3) is 0.409. The zero-order chi connectivity index (χ0) is 21.0. The fourth-order valence-corrected chi connectivity index (χ4v) is 7.83. The van der Waals surface area contributed by atoms with Crippen LogP contribution in [0.1, 0.15) is 41.6 Å². The second kappa shape index (κ2) is 7.34. The minimum absolute atomic E-state index is 0.155. The van der Waals surface area contributed by atoms with Gasteiger partial charge in [-0.05, 0) is 79.5 Å². The molecule has 8 heteroatoms. The highest BCUT2D eigenvalue weighted by Gasteiger charge is 2.59. The second-order valence-electron chi connectivity index (χ2n) is 8.21. The Kier molecular flexibility index (Phi) is 4.89. The molecular weight excluding hydrogens is 428 g/mol. The number of carboxylic acids is 1. The highest BCUT2D eigenvalue weighted by molar-refractivity contribution is 7.99. The quantitative estimate of drug-likeness (QED) is 0.732. The Bertz CT molecular complexity index is 1030. The molecular formula is C22H21F2NO3S2. The number of rotatable bonds is 4. The van der Waals surface area contributed by atoms with Crippen molar-refractivity contribution >= 4 is 34.4 Å². The molecule has 1 N–H and O–H groups in total. The first-order valence-corrected chi connectivity index (χ1v) is 12.3. The number of fused-ring (bicyclic) bond motifs is 2. The third-order valence-electron chi connectivity index (χ3n) is 6.55. The third-order valence-corrected chi connectivity index (χ3v) is 8.99. The van der Waals surface area contributed by atoms with Crippen molar-refractivity contribution in [2.24, 2.45) is 5.92 Å². The van der Waals surface area contributed by atoms with Crippen LogP contribution in [0.3, 0.4) is 0 Å². The molecule has 2 aromatic rings. The predicted octanol–water partition coefficient (Wildman–Crippen LogP) is 4.75. The molecule has 3 aliphatic rings. The van der Waals surface area contributed by atoms with Crippen LogP contribution in [0.25, 0.3) is 0 Å². The van der Waals surface area contributed by atoms with Crippen LogP contribution in [0.4, 0.5) is 14.5 Å². The van der Waals surface area contributed by atoms with E-state index in [2.05, 4.69) is 0 Å². The van der Waals surface area contributed by atoms with Gasteiger partial charge in [0.2, 0.25) is 0 Å². The summed E-state index contributed by atoms with van der Waals surface area (Å²) in [5.74, 6) is -0.396. The Hall–Kier alpha value is -1.93. The first kappa shape index (κ1) is 20.0. The summed E-state index contributed by atoms with van der Waals surface area (Å²) in [6, 6.07) is 8.27. The lowest BCUT2D eigenvalue weighted by molar-refractivity contribution is 0.0691. The Morgan fingerprint density at radius 1 is 1.10 bits per heavy atom. The first-order chi connectivity index (χ1) is 14.4. The number of carboxylic acid groups (broad SMARTS) is 1. The molecule has 1 saturated heterocycles. The number of halogens is 2. The summed E-state index contributed by atoms with van der Waals surface area (Å²) in [5.41, 5.74) is 0.0433. The molecule has 5 rings (SSSR count). The van der Waals surface area contributed by atoms with Crippen molar-refractivity contribution in [3.63, 3.8) is 0 Å². The Morgan fingerprint density at radius 2 is 1.77 bits per heavy atom. The molecule has 2 aromatic carbocycles. The molecule has 2 atom stereocenters. The highest BCUT2D eigenvalue weighted by Crippen LogP contribution is 2.60. The van der Waals surface area contributed by atoms with Crippen LogP contribution in [-0.4, -0.2) is 32.8 Å². The molecule has 0 bridgehead atoms. The molecule has 30 heavy (non-hydrogen) atoms. The van der Waals surface area contributed by atoms with Crippen LogP contribution in [0.2, 0.25) is 0 Å². The van der Waals surface area contributed by atoms with Gasteiger partial charge < -0.3 is 5.11 Å². The molecule has 1 saturated carbocycles. The highest BCUT2D eigenvalue weighted by atomic mass is 32.2. The Balaban J connectivity index is 1.71. The third kappa shape index (κ3) is 2.99. The Morgan fingerprint density at radius 3 is 2.37 bits per heavy atom. The van der Waals surface area contributed by atoms with Crippen molar-refractivity contribution in [3.05, 3.63) is 59.2 Å². The summed E-state index contributed by atoms with van der Waals surface area (Å²) in [6.07, 6.45) is 3.42. The summed E-state index contributed by atoms with van der Waals surface area (Å²) in [4.78, 5) is 12.1. The summed E-state index contributed by atoms with van der Waals surface area (Å²) < 4.78 is 44.5. The van der Waals surface area contributed by atoms with Gasteiger partial charge in [-0.3, -0.25) is 4.31 Å². The number of anilines is 1. The largest absolute Gasteiger partial charge is 0.478 e. The van der Waals surface area contributed by atoms with Gasteiger partial charge in [0.1, 0.15) is 11.6 Å². The number of aromatic carboxylic acids is 1. The van der Waals surface area contributed by atoms with E-state index in [0.717, 1.165) is 37.2 Å². The first-order valence-electron chi connectivity index (χ1n) is 10.0. The number of hydrogen-bond acceptors (Lipinski definition) is 3. The maximum Gasteiger partial charge on any atom is 0.338 e.